The fourth-order valence-electron chi connectivity index (χ4n) is 2.66. The molecular formula is C22H45NO6PS2+. The second-order valence-electron chi connectivity index (χ2n) is 9.03. The van der Waals surface area contributed by atoms with E-state index in [0.29, 0.717) is 29.6 Å². The lowest BCUT2D eigenvalue weighted by atomic mass is 10.2. The van der Waals surface area contributed by atoms with Crippen molar-refractivity contribution in [3.63, 3.8) is 0 Å². The average molecular weight is 515 g/mol. The number of quaternary nitrogens is 1. The maximum Gasteiger partial charge on any atom is 0.472 e. The van der Waals surface area contributed by atoms with Crippen molar-refractivity contribution >= 4 is 41.6 Å². The average Bonchev–Trinajstić information content (AvgIpc) is 2.69. The Morgan fingerprint density at radius 2 is 1.47 bits per heavy atom. The van der Waals surface area contributed by atoms with Gasteiger partial charge >= 0.3 is 7.82 Å². The normalized spacial score (nSPS) is 14.8. The van der Waals surface area contributed by atoms with Gasteiger partial charge in [0.1, 0.15) is 13.2 Å². The number of hydrogen-bond donors (Lipinski definition) is 1. The van der Waals surface area contributed by atoms with Gasteiger partial charge in [0.05, 0.1) is 27.7 Å². The molecule has 32 heavy (non-hydrogen) atoms. The summed E-state index contributed by atoms with van der Waals surface area (Å²) in [5, 5.41) is -0.251. The molecule has 0 aliphatic heterocycles. The molecule has 190 valence electrons. The minimum Gasteiger partial charge on any atom is -0.329 e. The van der Waals surface area contributed by atoms with Gasteiger partial charge in [-0.2, -0.15) is 0 Å². The highest BCUT2D eigenvalue weighted by Crippen LogP contribution is 2.44. The van der Waals surface area contributed by atoms with Crippen LogP contribution >= 0.6 is 31.3 Å². The molecular weight excluding hydrogens is 469 g/mol. The lowest BCUT2D eigenvalue weighted by Crippen LogP contribution is -2.37. The van der Waals surface area contributed by atoms with Crippen LogP contribution in [0.3, 0.4) is 0 Å². The predicted molar refractivity (Wildman–Crippen MR) is 136 cm³/mol. The zero-order chi connectivity index (χ0) is 24.5. The van der Waals surface area contributed by atoms with Crippen molar-refractivity contribution in [2.24, 2.45) is 0 Å². The van der Waals surface area contributed by atoms with Crippen molar-refractivity contribution in [3.05, 3.63) is 0 Å². The van der Waals surface area contributed by atoms with E-state index >= 15 is 0 Å². The van der Waals surface area contributed by atoms with Gasteiger partial charge in [-0.1, -0.05) is 75.9 Å². The van der Waals surface area contributed by atoms with E-state index in [1.54, 1.807) is 0 Å². The lowest BCUT2D eigenvalue weighted by molar-refractivity contribution is -0.870. The number of phosphoric ester groups is 1. The van der Waals surface area contributed by atoms with Crippen molar-refractivity contribution < 1.29 is 32.6 Å². The van der Waals surface area contributed by atoms with Crippen molar-refractivity contribution in [3.8, 4) is 0 Å². The van der Waals surface area contributed by atoms with Crippen LogP contribution in [0.4, 0.5) is 0 Å². The Bertz CT molecular complexity index is 571. The van der Waals surface area contributed by atoms with Crippen LogP contribution in [-0.4, -0.2) is 71.5 Å². The van der Waals surface area contributed by atoms with E-state index in [1.807, 2.05) is 21.1 Å². The fourth-order valence-corrected chi connectivity index (χ4v) is 5.52. The highest BCUT2D eigenvalue weighted by Gasteiger charge is 2.26. The van der Waals surface area contributed by atoms with Gasteiger partial charge in [-0.05, 0) is 12.8 Å². The van der Waals surface area contributed by atoms with E-state index in [-0.39, 0.29) is 28.7 Å². The minimum absolute atomic E-state index is 0.0319. The summed E-state index contributed by atoms with van der Waals surface area (Å²) in [5.41, 5.74) is 0. The summed E-state index contributed by atoms with van der Waals surface area (Å²) in [4.78, 5) is 34.5. The fraction of sp³-hybridized carbons (Fsp3) is 0.909. The van der Waals surface area contributed by atoms with Crippen molar-refractivity contribution in [1.82, 2.24) is 0 Å². The molecule has 0 aromatic rings. The summed E-state index contributed by atoms with van der Waals surface area (Å²) in [6.45, 7) is 4.79. The Hall–Kier alpha value is 0.110. The van der Waals surface area contributed by atoms with E-state index in [2.05, 4.69) is 13.8 Å². The quantitative estimate of drug-likeness (QED) is 0.127. The maximum atomic E-state index is 12.4. The third-order valence-corrected chi connectivity index (χ3v) is 8.03. The van der Waals surface area contributed by atoms with E-state index in [4.69, 9.17) is 9.05 Å². The van der Waals surface area contributed by atoms with Gasteiger partial charge in [-0.3, -0.25) is 18.6 Å². The van der Waals surface area contributed by atoms with Crippen molar-refractivity contribution in [1.29, 1.82) is 0 Å². The predicted octanol–water partition coefficient (Wildman–Crippen LogP) is 5.66. The molecule has 1 N–H and O–H groups in total. The molecule has 0 heterocycles. The van der Waals surface area contributed by atoms with Gasteiger partial charge in [0.15, 0.2) is 10.2 Å². The topological polar surface area (TPSA) is 89.9 Å². The second kappa shape index (κ2) is 18.4. The highest BCUT2D eigenvalue weighted by molar-refractivity contribution is 8.17. The van der Waals surface area contributed by atoms with Gasteiger partial charge in [0, 0.05) is 23.8 Å². The van der Waals surface area contributed by atoms with Crippen molar-refractivity contribution in [2.75, 3.05) is 46.7 Å². The Morgan fingerprint density at radius 3 is 2.00 bits per heavy atom. The van der Waals surface area contributed by atoms with Gasteiger partial charge in [-0.25, -0.2) is 4.57 Å². The third kappa shape index (κ3) is 20.7. The molecule has 0 saturated heterocycles. The highest BCUT2D eigenvalue weighted by atomic mass is 32.2. The van der Waals surface area contributed by atoms with E-state index in [0.717, 1.165) is 63.1 Å². The zero-order valence-electron chi connectivity index (χ0n) is 20.7. The van der Waals surface area contributed by atoms with Gasteiger partial charge < -0.3 is 9.38 Å². The summed E-state index contributed by atoms with van der Waals surface area (Å²) in [6, 6.07) is 0. The zero-order valence-corrected chi connectivity index (χ0v) is 23.2. The first kappa shape index (κ1) is 32.1. The molecule has 0 radical (unpaired) electrons. The molecule has 2 unspecified atom stereocenters. The van der Waals surface area contributed by atoms with Gasteiger partial charge in [0.25, 0.3) is 0 Å². The molecule has 0 aliphatic carbocycles. The molecule has 0 bridgehead atoms. The summed E-state index contributed by atoms with van der Waals surface area (Å²) >= 11 is 2.30. The van der Waals surface area contributed by atoms with Crippen LogP contribution in [0.15, 0.2) is 0 Å². The Labute approximate surface area is 204 Å². The molecule has 2 atom stereocenters. The van der Waals surface area contributed by atoms with Crippen LogP contribution < -0.4 is 0 Å². The summed E-state index contributed by atoms with van der Waals surface area (Å²) in [5.74, 6) is 0.372. The molecule has 0 saturated carbocycles. The third-order valence-electron chi connectivity index (χ3n) is 4.64. The number of carbonyl (C=O) groups excluding carboxylic acids is 2. The van der Waals surface area contributed by atoms with Crippen molar-refractivity contribution in [2.45, 2.75) is 83.3 Å². The maximum absolute atomic E-state index is 12.4. The first-order chi connectivity index (χ1) is 15.0. The lowest BCUT2D eigenvalue weighted by Gasteiger charge is -2.24. The largest absolute Gasteiger partial charge is 0.472 e. The molecule has 0 amide bonds. The Kier molecular flexibility index (Phi) is 18.5. The number of nitrogens with zero attached hydrogens (tertiary/aromatic N) is 1. The molecule has 7 nitrogen and oxygen atoms in total. The summed E-state index contributed by atoms with van der Waals surface area (Å²) in [7, 11) is 1.67. The van der Waals surface area contributed by atoms with E-state index < -0.39 is 7.82 Å². The molecule has 0 rings (SSSR count). The van der Waals surface area contributed by atoms with E-state index in [1.165, 1.54) is 11.8 Å². The molecule has 0 fully saturated rings. The Balaban J connectivity index is 4.63. The summed E-state index contributed by atoms with van der Waals surface area (Å²) < 4.78 is 23.1. The smallest absolute Gasteiger partial charge is 0.329 e. The van der Waals surface area contributed by atoms with E-state index in [9.17, 15) is 19.0 Å². The minimum atomic E-state index is -4.21. The summed E-state index contributed by atoms with van der Waals surface area (Å²) in [6.07, 6.45) is 9.19. The molecule has 0 aromatic carbocycles. The van der Waals surface area contributed by atoms with Crippen LogP contribution in [0.1, 0.15) is 78.1 Å². The first-order valence-electron chi connectivity index (χ1n) is 11.8. The second-order valence-corrected chi connectivity index (χ2v) is 12.9. The van der Waals surface area contributed by atoms with Crippen LogP contribution in [0, 0.1) is 0 Å². The first-order valence-corrected chi connectivity index (χ1v) is 15.1. The SMILES string of the molecule is CCCCCCC(=O)SCC(COP(=O)(O)OCC[N+](C)(C)C)SC(=O)CCCCCC. The van der Waals surface area contributed by atoms with Crippen LogP contribution in [0.2, 0.25) is 0 Å². The molecule has 0 aromatic heterocycles. The number of hydrogen-bond acceptors (Lipinski definition) is 7. The van der Waals surface area contributed by atoms with Crippen LogP contribution in [0.25, 0.3) is 0 Å². The molecule has 0 aliphatic rings. The number of likely N-dealkylation sites (N-methyl/N-ethyl adjacent to an activating group) is 1. The van der Waals surface area contributed by atoms with Crippen LogP contribution in [0.5, 0.6) is 0 Å². The number of rotatable bonds is 20. The molecule has 0 spiro atoms. The number of unbranched alkanes of at least 4 members (excludes halogenated alkanes) is 6. The monoisotopic (exact) mass is 514 g/mol. The Morgan fingerprint density at radius 1 is 0.906 bits per heavy atom. The van der Waals surface area contributed by atoms with Gasteiger partial charge in [-0.15, -0.1) is 0 Å². The standard InChI is InChI=1S/C22H44NO6PS2/c1-6-8-10-12-14-21(24)31-19-20(32-22(25)15-13-11-9-7-2)18-29-30(26,27)28-17-16-23(3,4)5/h20H,6-19H2,1-5H3/p+1. The number of thioether (sulfide) groups is 2. The number of phosphoric acid groups is 1. The van der Waals surface area contributed by atoms with Crippen LogP contribution in [-0.2, 0) is 23.2 Å². The van der Waals surface area contributed by atoms with Gasteiger partial charge in [0.2, 0.25) is 0 Å². The number of carbonyl (C=O) groups is 2. The molecule has 10 heteroatoms.